The molecule has 0 heterocycles. The van der Waals surface area contributed by atoms with E-state index in [-0.39, 0.29) is 12.4 Å². The van der Waals surface area contributed by atoms with Crippen LogP contribution in [0.15, 0.2) is 36.4 Å². The molecule has 0 amide bonds. The number of halogens is 1. The lowest BCUT2D eigenvalue weighted by Gasteiger charge is -2.11. The van der Waals surface area contributed by atoms with Crippen LogP contribution in [0.5, 0.6) is 11.5 Å². The fraction of sp³-hybridized carbons (Fsp3) is 0.200. The number of anilines is 4. The maximum Gasteiger partial charge on any atom is 0.142 e. The Bertz CT molecular complexity index is 569. The summed E-state index contributed by atoms with van der Waals surface area (Å²) >= 11 is 0. The highest BCUT2D eigenvalue weighted by molar-refractivity contribution is 5.85. The Labute approximate surface area is 135 Å². The van der Waals surface area contributed by atoms with E-state index >= 15 is 0 Å². The quantitative estimate of drug-likeness (QED) is 0.477. The molecule has 6 nitrogen and oxygen atoms in total. The summed E-state index contributed by atoms with van der Waals surface area (Å²) in [5.74, 6) is 1.24. The van der Waals surface area contributed by atoms with Gasteiger partial charge >= 0.3 is 0 Å². The van der Waals surface area contributed by atoms with Crippen molar-refractivity contribution in [2.75, 3.05) is 36.1 Å². The molecule has 8 N–H and O–H groups in total. The lowest BCUT2D eigenvalue weighted by Crippen LogP contribution is -2.07. The molecule has 2 aromatic carbocycles. The molecular formula is C15H21ClN4O2. The SMILES string of the molecule is Cl.Nc1ccc(OCCCOc2ccc(N)cc2N)c(N)c1. The number of nitrogens with two attached hydrogens (primary N) is 4. The highest BCUT2D eigenvalue weighted by Gasteiger charge is 2.02. The Morgan fingerprint density at radius 3 is 1.45 bits per heavy atom. The maximum absolute atomic E-state index is 5.80. The molecule has 7 heteroatoms. The van der Waals surface area contributed by atoms with Gasteiger partial charge in [-0.3, -0.25) is 0 Å². The van der Waals surface area contributed by atoms with Gasteiger partial charge < -0.3 is 32.4 Å². The molecule has 120 valence electrons. The minimum atomic E-state index is 0. The summed E-state index contributed by atoms with van der Waals surface area (Å²) in [7, 11) is 0. The molecule has 0 saturated carbocycles. The summed E-state index contributed by atoms with van der Waals surface area (Å²) in [5, 5.41) is 0. The Hall–Kier alpha value is -2.47. The summed E-state index contributed by atoms with van der Waals surface area (Å²) < 4.78 is 11.1. The van der Waals surface area contributed by atoms with Gasteiger partial charge in [0.05, 0.1) is 24.6 Å². The Balaban J connectivity index is 0.00000242. The summed E-state index contributed by atoms with van der Waals surface area (Å²) in [5.41, 5.74) is 25.1. The van der Waals surface area contributed by atoms with Crippen LogP contribution in [0.3, 0.4) is 0 Å². The second-order valence-corrected chi connectivity index (χ2v) is 4.65. The molecule has 0 aliphatic carbocycles. The normalized spacial score (nSPS) is 9.82. The van der Waals surface area contributed by atoms with E-state index in [0.717, 1.165) is 0 Å². The van der Waals surface area contributed by atoms with Gasteiger partial charge in [-0.1, -0.05) is 0 Å². The molecule has 0 atom stereocenters. The molecule has 0 aliphatic rings. The fourth-order valence-corrected chi connectivity index (χ4v) is 1.82. The van der Waals surface area contributed by atoms with Gasteiger partial charge in [-0.15, -0.1) is 12.4 Å². The monoisotopic (exact) mass is 324 g/mol. The predicted octanol–water partition coefficient (Wildman–Crippen LogP) is 2.29. The molecule has 2 aromatic rings. The Morgan fingerprint density at radius 2 is 1.09 bits per heavy atom. The third-order valence-electron chi connectivity index (χ3n) is 2.87. The predicted molar refractivity (Wildman–Crippen MR) is 93.4 cm³/mol. The van der Waals surface area contributed by atoms with Gasteiger partial charge in [0, 0.05) is 17.8 Å². The molecule has 0 unspecified atom stereocenters. The molecule has 2 rings (SSSR count). The van der Waals surface area contributed by atoms with Gasteiger partial charge in [0.1, 0.15) is 11.5 Å². The maximum atomic E-state index is 5.80. The van der Waals surface area contributed by atoms with Crippen LogP contribution < -0.4 is 32.4 Å². The van der Waals surface area contributed by atoms with Crippen LogP contribution in [-0.4, -0.2) is 13.2 Å². The van der Waals surface area contributed by atoms with Gasteiger partial charge in [-0.2, -0.15) is 0 Å². The first-order valence-corrected chi connectivity index (χ1v) is 6.62. The van der Waals surface area contributed by atoms with E-state index < -0.39 is 0 Å². The molecule has 0 fully saturated rings. The van der Waals surface area contributed by atoms with Crippen LogP contribution in [-0.2, 0) is 0 Å². The van der Waals surface area contributed by atoms with Crippen LogP contribution in [0, 0.1) is 0 Å². The molecular weight excluding hydrogens is 304 g/mol. The first-order valence-electron chi connectivity index (χ1n) is 6.62. The van der Waals surface area contributed by atoms with E-state index in [4.69, 9.17) is 32.4 Å². The molecule has 0 radical (unpaired) electrons. The van der Waals surface area contributed by atoms with Crippen LogP contribution in [0.2, 0.25) is 0 Å². The number of ether oxygens (including phenoxy) is 2. The number of hydrogen-bond acceptors (Lipinski definition) is 6. The highest BCUT2D eigenvalue weighted by atomic mass is 35.5. The first-order chi connectivity index (χ1) is 10.1. The van der Waals surface area contributed by atoms with Crippen LogP contribution >= 0.6 is 12.4 Å². The average Bonchev–Trinajstić information content (AvgIpc) is 2.42. The van der Waals surface area contributed by atoms with Crippen LogP contribution in [0.25, 0.3) is 0 Å². The van der Waals surface area contributed by atoms with Crippen molar-refractivity contribution in [3.05, 3.63) is 36.4 Å². The van der Waals surface area contributed by atoms with Gasteiger partial charge in [-0.05, 0) is 36.4 Å². The van der Waals surface area contributed by atoms with Crippen molar-refractivity contribution in [2.45, 2.75) is 6.42 Å². The molecule has 0 aliphatic heterocycles. The summed E-state index contributed by atoms with van der Waals surface area (Å²) in [6.07, 6.45) is 0.702. The molecule has 0 bridgehead atoms. The third kappa shape index (κ3) is 4.82. The average molecular weight is 325 g/mol. The summed E-state index contributed by atoms with van der Waals surface area (Å²) in [4.78, 5) is 0. The smallest absolute Gasteiger partial charge is 0.142 e. The minimum Gasteiger partial charge on any atom is -0.491 e. The van der Waals surface area contributed by atoms with Crippen molar-refractivity contribution in [3.8, 4) is 11.5 Å². The van der Waals surface area contributed by atoms with Gasteiger partial charge in [-0.25, -0.2) is 0 Å². The van der Waals surface area contributed by atoms with Crippen LogP contribution in [0.1, 0.15) is 6.42 Å². The van der Waals surface area contributed by atoms with Crippen molar-refractivity contribution in [3.63, 3.8) is 0 Å². The lowest BCUT2D eigenvalue weighted by molar-refractivity contribution is 0.249. The molecule has 0 spiro atoms. The van der Waals surface area contributed by atoms with Gasteiger partial charge in [0.25, 0.3) is 0 Å². The fourth-order valence-electron chi connectivity index (χ4n) is 1.82. The second kappa shape index (κ2) is 8.09. The van der Waals surface area contributed by atoms with Crippen LogP contribution in [0.4, 0.5) is 22.7 Å². The first kappa shape index (κ1) is 17.6. The summed E-state index contributed by atoms with van der Waals surface area (Å²) in [6, 6.07) is 10.3. The zero-order chi connectivity index (χ0) is 15.2. The number of nitrogen functional groups attached to an aromatic ring is 4. The standard InChI is InChI=1S/C15H20N4O2.ClH/c16-10-2-4-14(12(18)8-10)20-6-1-7-21-15-5-3-11(17)9-13(15)19;/h2-5,8-9H,1,6-7,16-19H2;1H. The molecule has 22 heavy (non-hydrogen) atoms. The molecule has 0 saturated heterocycles. The highest BCUT2D eigenvalue weighted by Crippen LogP contribution is 2.25. The van der Waals surface area contributed by atoms with E-state index in [9.17, 15) is 0 Å². The Morgan fingerprint density at radius 1 is 0.682 bits per heavy atom. The summed E-state index contributed by atoms with van der Waals surface area (Å²) in [6.45, 7) is 0.978. The van der Waals surface area contributed by atoms with Crippen molar-refractivity contribution in [2.24, 2.45) is 0 Å². The second-order valence-electron chi connectivity index (χ2n) is 4.65. The van der Waals surface area contributed by atoms with E-state index in [1.807, 2.05) is 0 Å². The molecule has 0 aromatic heterocycles. The van der Waals surface area contributed by atoms with Crippen molar-refractivity contribution >= 4 is 35.2 Å². The van der Waals surface area contributed by atoms with Crippen molar-refractivity contribution in [1.82, 2.24) is 0 Å². The number of hydrogen-bond donors (Lipinski definition) is 4. The zero-order valence-corrected chi connectivity index (χ0v) is 12.9. The van der Waals surface area contributed by atoms with Gasteiger partial charge in [0.2, 0.25) is 0 Å². The number of rotatable bonds is 6. The Kier molecular flexibility index (Phi) is 6.47. The topological polar surface area (TPSA) is 123 Å². The van der Waals surface area contributed by atoms with Crippen molar-refractivity contribution < 1.29 is 9.47 Å². The third-order valence-corrected chi connectivity index (χ3v) is 2.87. The van der Waals surface area contributed by atoms with E-state index in [1.165, 1.54) is 0 Å². The van der Waals surface area contributed by atoms with Crippen molar-refractivity contribution in [1.29, 1.82) is 0 Å². The lowest BCUT2D eigenvalue weighted by atomic mass is 10.2. The largest absolute Gasteiger partial charge is 0.491 e. The van der Waals surface area contributed by atoms with E-state index in [0.29, 0.717) is 53.9 Å². The minimum absolute atomic E-state index is 0. The zero-order valence-electron chi connectivity index (χ0n) is 12.1. The van der Waals surface area contributed by atoms with Gasteiger partial charge in [0.15, 0.2) is 0 Å². The van der Waals surface area contributed by atoms with E-state index in [2.05, 4.69) is 0 Å². The van der Waals surface area contributed by atoms with E-state index in [1.54, 1.807) is 36.4 Å². The number of benzene rings is 2.